The highest BCUT2D eigenvalue weighted by molar-refractivity contribution is 7.59. The number of rotatable bonds is 21. The van der Waals surface area contributed by atoms with Gasteiger partial charge in [0.15, 0.2) is 0 Å². The minimum Gasteiger partial charge on any atom is -0.197 e. The maximum Gasteiger partial charge on any atom is -0.0415 e. The predicted molar refractivity (Wildman–Crippen MR) is 328 cm³/mol. The molecule has 0 aromatic heterocycles. The minimum atomic E-state index is 0. The van der Waals surface area contributed by atoms with Crippen LogP contribution in [0.25, 0.3) is 0 Å². The molecule has 0 fully saturated rings. The zero-order valence-electron chi connectivity index (χ0n) is 50.9. The molecule has 0 nitrogen and oxygen atoms in total. The summed E-state index contributed by atoms with van der Waals surface area (Å²) in [7, 11) is 0. The van der Waals surface area contributed by atoms with Crippen LogP contribution in [0.4, 0.5) is 0 Å². The molecule has 0 aliphatic rings. The lowest BCUT2D eigenvalue weighted by Gasteiger charge is -2.23. The second kappa shape index (κ2) is 114. The van der Waals surface area contributed by atoms with Gasteiger partial charge in [0.1, 0.15) is 0 Å². The van der Waals surface area contributed by atoms with Crippen LogP contribution in [0.5, 0.6) is 0 Å². The molecule has 63 heavy (non-hydrogen) atoms. The molecule has 0 N–H and O–H groups in total. The van der Waals surface area contributed by atoms with Crippen LogP contribution in [0.1, 0.15) is 354 Å². The summed E-state index contributed by atoms with van der Waals surface area (Å²) in [6, 6.07) is 0. The first-order valence-corrected chi connectivity index (χ1v) is 27.9. The summed E-state index contributed by atoms with van der Waals surface area (Å²) in [5.41, 5.74) is 0. The Labute approximate surface area is 424 Å². The largest absolute Gasteiger partial charge is 0.197 e. The van der Waals surface area contributed by atoms with Crippen molar-refractivity contribution < 1.29 is 0 Å². The van der Waals surface area contributed by atoms with Crippen molar-refractivity contribution in [1.29, 1.82) is 0 Å². The minimum absolute atomic E-state index is 0. The Balaban J connectivity index is -0.0000000300. The third-order valence-corrected chi connectivity index (χ3v) is 8.82. The van der Waals surface area contributed by atoms with Gasteiger partial charge in [-0.1, -0.05) is 335 Å². The van der Waals surface area contributed by atoms with E-state index >= 15 is 0 Å². The maximum absolute atomic E-state index is 2.44. The zero-order valence-corrected chi connectivity index (χ0v) is 51.9. The average Bonchev–Trinajstić information content (AvgIpc) is 3.21. The van der Waals surface area contributed by atoms with Crippen molar-refractivity contribution in [1.82, 2.24) is 0 Å². The van der Waals surface area contributed by atoms with Gasteiger partial charge in [-0.05, 0) is 78.4 Å². The van der Waals surface area contributed by atoms with E-state index in [0.717, 1.165) is 59.2 Å². The summed E-state index contributed by atoms with van der Waals surface area (Å²) in [4.78, 5) is 0. The van der Waals surface area contributed by atoms with Crippen LogP contribution in [0.2, 0.25) is 0 Å². The van der Waals surface area contributed by atoms with Crippen molar-refractivity contribution in [2.24, 2.45) is 59.2 Å². The summed E-state index contributed by atoms with van der Waals surface area (Å²) in [6.45, 7) is 73.8. The molecular formula is C62H156S. The second-order valence-electron chi connectivity index (χ2n) is 17.2. The van der Waals surface area contributed by atoms with Crippen LogP contribution in [-0.2, 0) is 0 Å². The van der Waals surface area contributed by atoms with Crippen LogP contribution in [0, 0.1) is 59.2 Å². The molecular weight excluding hydrogens is 777 g/mol. The number of unbranched alkanes of at least 4 members (excludes halogenated alkanes) is 1. The zero-order chi connectivity index (χ0) is 50.4. The Morgan fingerprint density at radius 2 is 0.492 bits per heavy atom. The molecule has 0 aliphatic carbocycles. The number of hydrogen-bond acceptors (Lipinski definition) is 0. The van der Waals surface area contributed by atoms with Crippen molar-refractivity contribution >= 4 is 13.5 Å². The van der Waals surface area contributed by atoms with Gasteiger partial charge in [0.2, 0.25) is 0 Å². The lowest BCUT2D eigenvalue weighted by molar-refractivity contribution is 0.286. The van der Waals surface area contributed by atoms with E-state index in [1.165, 1.54) is 96.3 Å². The van der Waals surface area contributed by atoms with Crippen LogP contribution < -0.4 is 0 Å². The Morgan fingerprint density at radius 1 is 0.238 bits per heavy atom. The first-order valence-electron chi connectivity index (χ1n) is 27.9. The predicted octanol–water partition coefficient (Wildman–Crippen LogP) is 26.5. The van der Waals surface area contributed by atoms with Gasteiger partial charge >= 0.3 is 0 Å². The van der Waals surface area contributed by atoms with E-state index in [2.05, 4.69) is 125 Å². The SMILES string of the molecule is C.C.C.CC.CC.CC.CC.CC.CC.CC.CC.CC(C)CC(C)C.CCCC(C)CC(C)C.CCCC(C)CCC(C)C(C)CC(C)C.CCCC(C)CCCCC(C)C.S. The lowest BCUT2D eigenvalue weighted by Crippen LogP contribution is -2.12. The molecule has 0 bridgehead atoms. The van der Waals surface area contributed by atoms with E-state index in [1.54, 1.807) is 0 Å². The van der Waals surface area contributed by atoms with Gasteiger partial charge in [-0.2, -0.15) is 13.5 Å². The van der Waals surface area contributed by atoms with Crippen LogP contribution in [0.15, 0.2) is 0 Å². The van der Waals surface area contributed by atoms with Crippen LogP contribution in [0.3, 0.4) is 0 Å². The van der Waals surface area contributed by atoms with Gasteiger partial charge < -0.3 is 0 Å². The summed E-state index contributed by atoms with van der Waals surface area (Å²) >= 11 is 0. The molecule has 0 aliphatic heterocycles. The van der Waals surface area contributed by atoms with Crippen LogP contribution >= 0.6 is 13.5 Å². The molecule has 0 amide bonds. The molecule has 0 heterocycles. The highest BCUT2D eigenvalue weighted by atomic mass is 32.1. The van der Waals surface area contributed by atoms with E-state index in [1.807, 2.05) is 111 Å². The van der Waals surface area contributed by atoms with E-state index in [-0.39, 0.29) is 35.8 Å². The van der Waals surface area contributed by atoms with E-state index in [9.17, 15) is 0 Å². The molecule has 5 atom stereocenters. The van der Waals surface area contributed by atoms with E-state index in [0.29, 0.717) is 0 Å². The maximum atomic E-state index is 2.44. The Bertz CT molecular complexity index is 486. The third kappa shape index (κ3) is 163. The normalized spacial score (nSPS) is 10.9. The second-order valence-corrected chi connectivity index (χ2v) is 17.2. The van der Waals surface area contributed by atoms with Crippen molar-refractivity contribution in [2.75, 3.05) is 0 Å². The van der Waals surface area contributed by atoms with Gasteiger partial charge in [0.25, 0.3) is 0 Å². The quantitative estimate of drug-likeness (QED) is 0.101. The van der Waals surface area contributed by atoms with Crippen molar-refractivity contribution in [2.45, 2.75) is 354 Å². The molecule has 1 heteroatoms. The average molecular weight is 934 g/mol. The van der Waals surface area contributed by atoms with Crippen molar-refractivity contribution in [3.05, 3.63) is 0 Å². The van der Waals surface area contributed by atoms with Crippen molar-refractivity contribution in [3.63, 3.8) is 0 Å². The smallest absolute Gasteiger partial charge is 0.0415 e. The molecule has 0 rings (SSSR count). The Kier molecular flexibility index (Phi) is 199. The fraction of sp³-hybridized carbons (Fsp3) is 1.00. The molecule has 0 aromatic rings. The standard InChI is InChI=1S/C15H32.C12H26.C9H20.C7H16.8C2H6.3CH4.H2S/c1-7-8-13(4)9-10-14(5)15(6)11-12(2)3;1-5-8-12(4)10-7-6-9-11(2)3;1-5-6-9(4)7-8(2)3;1-6(2)5-7(3)4;8*1-2;;;;/h12-15H,7-11H2,1-6H3;11-12H,5-10H2,1-4H3;8-9H,5-7H2,1-4H3;6-7H,5H2,1-4H3;8*1-2H3;3*1H4;1H2. The van der Waals surface area contributed by atoms with Gasteiger partial charge in [-0.25, -0.2) is 0 Å². The first-order chi connectivity index (χ1) is 27.9. The summed E-state index contributed by atoms with van der Waals surface area (Å²) in [5, 5.41) is 0. The molecule has 0 radical (unpaired) electrons. The fourth-order valence-electron chi connectivity index (χ4n) is 6.49. The molecule has 410 valence electrons. The molecule has 0 saturated carbocycles. The van der Waals surface area contributed by atoms with Crippen molar-refractivity contribution in [3.8, 4) is 0 Å². The van der Waals surface area contributed by atoms with Gasteiger partial charge in [0, 0.05) is 0 Å². The topological polar surface area (TPSA) is 0 Å². The fourth-order valence-corrected chi connectivity index (χ4v) is 6.49. The first kappa shape index (κ1) is 110. The van der Waals surface area contributed by atoms with Gasteiger partial charge in [-0.3, -0.25) is 0 Å². The molecule has 5 unspecified atom stereocenters. The van der Waals surface area contributed by atoms with Gasteiger partial charge in [-0.15, -0.1) is 0 Å². The monoisotopic (exact) mass is 933 g/mol. The van der Waals surface area contributed by atoms with Gasteiger partial charge in [0.05, 0.1) is 0 Å². The lowest BCUT2D eigenvalue weighted by atomic mass is 9.83. The van der Waals surface area contributed by atoms with E-state index in [4.69, 9.17) is 0 Å². The van der Waals surface area contributed by atoms with Crippen LogP contribution in [-0.4, -0.2) is 0 Å². The van der Waals surface area contributed by atoms with E-state index < -0.39 is 0 Å². The number of hydrogen-bond donors (Lipinski definition) is 0. The molecule has 0 aromatic carbocycles. The summed E-state index contributed by atoms with van der Waals surface area (Å²) < 4.78 is 0. The molecule has 0 spiro atoms. The highest BCUT2D eigenvalue weighted by Crippen LogP contribution is 2.26. The summed E-state index contributed by atoms with van der Waals surface area (Å²) in [5.74, 6) is 9.03. The molecule has 0 saturated heterocycles. The highest BCUT2D eigenvalue weighted by Gasteiger charge is 2.14. The Hall–Kier alpha value is 0.350. The third-order valence-electron chi connectivity index (χ3n) is 8.82. The Morgan fingerprint density at radius 3 is 0.730 bits per heavy atom. The summed E-state index contributed by atoms with van der Waals surface area (Å²) in [6.07, 6.45) is 21.0.